The van der Waals surface area contributed by atoms with Crippen molar-refractivity contribution < 1.29 is 14.4 Å². The lowest BCUT2D eigenvalue weighted by atomic mass is 10.2. The number of nitrogen functional groups attached to an aromatic ring is 1. The van der Waals surface area contributed by atoms with Gasteiger partial charge < -0.3 is 15.6 Å². The molecule has 6 nitrogen and oxygen atoms in total. The highest BCUT2D eigenvalue weighted by Crippen LogP contribution is 2.23. The number of anilines is 1. The average Bonchev–Trinajstić information content (AvgIpc) is 2.69. The van der Waals surface area contributed by atoms with Gasteiger partial charge in [-0.1, -0.05) is 0 Å². The van der Waals surface area contributed by atoms with Crippen molar-refractivity contribution >= 4 is 17.2 Å². The van der Waals surface area contributed by atoms with E-state index in [4.69, 9.17) is 10.5 Å². The maximum absolute atomic E-state index is 10.1. The molecule has 0 unspecified atom stereocenters. The molecular weight excluding hydrogens is 288 g/mol. The molecule has 3 N–H and O–H groups in total. The van der Waals surface area contributed by atoms with E-state index >= 15 is 0 Å². The van der Waals surface area contributed by atoms with Crippen molar-refractivity contribution in [2.24, 2.45) is 0 Å². The van der Waals surface area contributed by atoms with E-state index in [1.807, 2.05) is 18.4 Å². The van der Waals surface area contributed by atoms with Crippen molar-refractivity contribution in [2.75, 3.05) is 18.9 Å². The molecule has 0 fully saturated rings. The van der Waals surface area contributed by atoms with Gasteiger partial charge >= 0.3 is 5.19 Å². The first-order valence-electron chi connectivity index (χ1n) is 6.89. The normalized spacial score (nSPS) is 11.0. The van der Waals surface area contributed by atoms with Crippen molar-refractivity contribution in [1.29, 1.82) is 0 Å². The predicted octanol–water partition coefficient (Wildman–Crippen LogP) is 1.36. The molecule has 114 valence electrons. The van der Waals surface area contributed by atoms with Gasteiger partial charge in [0.25, 0.3) is 0 Å². The number of hydrogen-bond acceptors (Lipinski definition) is 6. The summed E-state index contributed by atoms with van der Waals surface area (Å²) < 4.78 is 7.20. The Morgan fingerprint density at radius 3 is 2.86 bits per heavy atom. The van der Waals surface area contributed by atoms with Gasteiger partial charge in [-0.25, -0.2) is 9.97 Å². The van der Waals surface area contributed by atoms with Crippen LogP contribution in [0.25, 0.3) is 0 Å². The van der Waals surface area contributed by atoms with E-state index in [9.17, 15) is 5.11 Å². The minimum Gasteiger partial charge on any atom is -0.451 e. The topological polar surface area (TPSA) is 85.1 Å². The minimum atomic E-state index is 0.263. The van der Waals surface area contributed by atoms with Crippen LogP contribution in [0.2, 0.25) is 0 Å². The van der Waals surface area contributed by atoms with Crippen molar-refractivity contribution in [3.05, 3.63) is 28.2 Å². The van der Waals surface area contributed by atoms with Crippen LogP contribution >= 0.6 is 11.3 Å². The molecule has 21 heavy (non-hydrogen) atoms. The molecular formula is C14H21N4O2S+. The van der Waals surface area contributed by atoms with Gasteiger partial charge in [-0.3, -0.25) is 0 Å². The third-order valence-corrected chi connectivity index (χ3v) is 4.43. The van der Waals surface area contributed by atoms with Gasteiger partial charge in [-0.2, -0.15) is 0 Å². The van der Waals surface area contributed by atoms with Gasteiger partial charge in [-0.05, 0) is 25.2 Å². The fraction of sp³-hybridized carbons (Fsp3) is 0.500. The van der Waals surface area contributed by atoms with Gasteiger partial charge in [0.2, 0.25) is 0 Å². The van der Waals surface area contributed by atoms with E-state index in [-0.39, 0.29) is 5.19 Å². The second kappa shape index (κ2) is 6.82. The molecule has 0 saturated carbocycles. The number of nitrogens with zero attached hydrogens (tertiary/aromatic N) is 3. The summed E-state index contributed by atoms with van der Waals surface area (Å²) in [7, 11) is 0. The fourth-order valence-electron chi connectivity index (χ4n) is 2.07. The molecule has 2 aromatic heterocycles. The fourth-order valence-corrected chi connectivity index (χ4v) is 3.04. The van der Waals surface area contributed by atoms with Crippen molar-refractivity contribution in [1.82, 2.24) is 9.97 Å². The number of thiazole rings is 1. The average molecular weight is 309 g/mol. The maximum atomic E-state index is 10.1. The van der Waals surface area contributed by atoms with Gasteiger partial charge in [0.15, 0.2) is 12.2 Å². The Morgan fingerprint density at radius 2 is 2.19 bits per heavy atom. The molecule has 0 radical (unpaired) electrons. The van der Waals surface area contributed by atoms with Crippen LogP contribution in [0, 0.1) is 13.8 Å². The summed E-state index contributed by atoms with van der Waals surface area (Å²) in [6.07, 6.45) is 2.51. The standard InChI is InChI=1S/C14H20N4O2S/c1-4-20-6-5-12-9(2)18(14(19)21-12)8-11-7-16-10(3)17-13(11)15/h7H,4-6,8H2,1-3H3,(H2,15,16,17)/p+1. The molecule has 0 spiro atoms. The molecule has 0 aliphatic carbocycles. The van der Waals surface area contributed by atoms with E-state index < -0.39 is 0 Å². The van der Waals surface area contributed by atoms with Gasteiger partial charge in [-0.15, -0.1) is 4.57 Å². The summed E-state index contributed by atoms with van der Waals surface area (Å²) in [4.78, 5) is 9.43. The van der Waals surface area contributed by atoms with Crippen molar-refractivity contribution in [3.63, 3.8) is 0 Å². The highest BCUT2D eigenvalue weighted by atomic mass is 32.1. The number of aromatic hydroxyl groups is 1. The Bertz CT molecular complexity index is 628. The lowest BCUT2D eigenvalue weighted by molar-refractivity contribution is -0.695. The van der Waals surface area contributed by atoms with Gasteiger partial charge in [0, 0.05) is 26.1 Å². The Kier molecular flexibility index (Phi) is 5.08. The third kappa shape index (κ3) is 3.68. The lowest BCUT2D eigenvalue weighted by Gasteiger charge is -2.02. The van der Waals surface area contributed by atoms with Crippen molar-refractivity contribution in [3.8, 4) is 5.19 Å². The summed E-state index contributed by atoms with van der Waals surface area (Å²) in [5.74, 6) is 1.10. The van der Waals surface area contributed by atoms with Gasteiger partial charge in [0.05, 0.1) is 17.0 Å². The molecule has 0 bridgehead atoms. The zero-order chi connectivity index (χ0) is 15.4. The number of ether oxygens (including phenoxy) is 1. The Labute approximate surface area is 128 Å². The van der Waals surface area contributed by atoms with E-state index in [0.717, 1.165) is 22.6 Å². The van der Waals surface area contributed by atoms with Crippen LogP contribution in [0.3, 0.4) is 0 Å². The number of rotatable bonds is 6. The van der Waals surface area contributed by atoms with Crippen LogP contribution in [-0.2, 0) is 17.7 Å². The molecule has 2 heterocycles. The first-order valence-corrected chi connectivity index (χ1v) is 7.71. The second-order valence-corrected chi connectivity index (χ2v) is 5.82. The predicted molar refractivity (Wildman–Crippen MR) is 81.4 cm³/mol. The van der Waals surface area contributed by atoms with Crippen LogP contribution in [0.1, 0.15) is 28.9 Å². The molecule has 0 aliphatic heterocycles. The second-order valence-electron chi connectivity index (χ2n) is 4.75. The number of hydrogen-bond donors (Lipinski definition) is 2. The van der Waals surface area contributed by atoms with Crippen LogP contribution in [-0.4, -0.2) is 28.3 Å². The summed E-state index contributed by atoms with van der Waals surface area (Å²) >= 11 is 1.38. The number of aryl methyl sites for hydroxylation is 1. The van der Waals surface area contributed by atoms with Crippen LogP contribution < -0.4 is 10.3 Å². The molecule has 2 aromatic rings. The zero-order valence-electron chi connectivity index (χ0n) is 12.6. The van der Waals surface area contributed by atoms with E-state index in [1.165, 1.54) is 11.3 Å². The third-order valence-electron chi connectivity index (χ3n) is 3.28. The number of nitrogens with two attached hydrogens (primary N) is 1. The van der Waals surface area contributed by atoms with Crippen LogP contribution in [0.5, 0.6) is 5.19 Å². The first-order chi connectivity index (χ1) is 10.0. The molecule has 0 amide bonds. The first kappa shape index (κ1) is 15.7. The Balaban J connectivity index is 2.20. The Morgan fingerprint density at radius 1 is 1.43 bits per heavy atom. The molecule has 0 saturated heterocycles. The van der Waals surface area contributed by atoms with Crippen LogP contribution in [0.15, 0.2) is 6.20 Å². The monoisotopic (exact) mass is 309 g/mol. The SMILES string of the molecule is CCOCCc1sc(O)[n+](Cc2cnc(C)nc2N)c1C. The highest BCUT2D eigenvalue weighted by Gasteiger charge is 2.24. The molecule has 2 rings (SSSR count). The van der Waals surface area contributed by atoms with E-state index in [0.29, 0.717) is 31.4 Å². The maximum Gasteiger partial charge on any atom is 0.428 e. The molecule has 0 aliphatic rings. The molecule has 0 atom stereocenters. The quantitative estimate of drug-likeness (QED) is 0.621. The summed E-state index contributed by atoms with van der Waals surface area (Å²) in [5.41, 5.74) is 7.74. The van der Waals surface area contributed by atoms with Crippen molar-refractivity contribution in [2.45, 2.75) is 33.7 Å². The van der Waals surface area contributed by atoms with Crippen LogP contribution in [0.4, 0.5) is 5.82 Å². The zero-order valence-corrected chi connectivity index (χ0v) is 13.4. The van der Waals surface area contributed by atoms with E-state index in [2.05, 4.69) is 9.97 Å². The summed E-state index contributed by atoms with van der Waals surface area (Å²) in [5, 5.41) is 10.4. The minimum absolute atomic E-state index is 0.263. The highest BCUT2D eigenvalue weighted by molar-refractivity contribution is 7.13. The lowest BCUT2D eigenvalue weighted by Crippen LogP contribution is -2.36. The summed E-state index contributed by atoms with van der Waals surface area (Å²) in [6, 6.07) is 0. The number of aromatic nitrogens is 3. The summed E-state index contributed by atoms with van der Waals surface area (Å²) in [6.45, 7) is 7.59. The molecule has 7 heteroatoms. The molecule has 0 aromatic carbocycles. The largest absolute Gasteiger partial charge is 0.451 e. The van der Waals surface area contributed by atoms with Gasteiger partial charge in [0.1, 0.15) is 11.6 Å². The smallest absolute Gasteiger partial charge is 0.428 e. The Hall–Kier alpha value is -1.73. The van der Waals surface area contributed by atoms with E-state index in [1.54, 1.807) is 13.1 Å².